The van der Waals surface area contributed by atoms with Gasteiger partial charge in [0.05, 0.1) is 23.9 Å². The number of rotatable bonds is 2. The molecule has 2 aromatic rings. The lowest BCUT2D eigenvalue weighted by Gasteiger charge is -1.90. The maximum absolute atomic E-state index is 8.94. The Labute approximate surface area is 104 Å². The van der Waals surface area contributed by atoms with E-state index in [-0.39, 0.29) is 5.69 Å². The summed E-state index contributed by atoms with van der Waals surface area (Å²) in [5.74, 6) is 0.322. The van der Waals surface area contributed by atoms with Crippen molar-refractivity contribution in [2.75, 3.05) is 0 Å². The summed E-state index contributed by atoms with van der Waals surface area (Å²) < 4.78 is 0. The molecule has 0 atom stereocenters. The third kappa shape index (κ3) is 2.11. The second-order valence-corrected chi connectivity index (χ2v) is 3.58. The van der Waals surface area contributed by atoms with Crippen LogP contribution in [-0.4, -0.2) is 4.98 Å². The van der Waals surface area contributed by atoms with Crippen molar-refractivity contribution in [1.82, 2.24) is 4.98 Å². The van der Waals surface area contributed by atoms with Crippen LogP contribution in [0.5, 0.6) is 0 Å². The van der Waals surface area contributed by atoms with Gasteiger partial charge in [-0.1, -0.05) is 18.2 Å². The summed E-state index contributed by atoms with van der Waals surface area (Å²) in [4.78, 5) is 6.21. The molecule has 1 heterocycles. The summed E-state index contributed by atoms with van der Waals surface area (Å²) in [5, 5.41) is 16.9. The number of benzene rings is 1. The number of nitrogens with zero attached hydrogens (tertiary/aromatic N) is 4. The predicted molar refractivity (Wildman–Crippen MR) is 67.1 cm³/mol. The Morgan fingerprint density at radius 2 is 2.00 bits per heavy atom. The van der Waals surface area contributed by atoms with Gasteiger partial charge in [-0.2, -0.15) is 10.4 Å². The fourth-order valence-corrected chi connectivity index (χ4v) is 1.52. The first kappa shape index (κ1) is 11.6. The molecule has 0 saturated carbocycles. The number of H-pyrrole nitrogens is 1. The number of azo groups is 1. The summed E-state index contributed by atoms with van der Waals surface area (Å²) in [7, 11) is 0. The van der Waals surface area contributed by atoms with Gasteiger partial charge >= 0.3 is 0 Å². The number of hydrogen-bond acceptors (Lipinski definition) is 3. The Morgan fingerprint density at radius 1 is 1.28 bits per heavy atom. The van der Waals surface area contributed by atoms with E-state index >= 15 is 0 Å². The van der Waals surface area contributed by atoms with Gasteiger partial charge in [0.25, 0.3) is 0 Å². The Bertz CT molecular complexity index is 668. The topological polar surface area (TPSA) is 68.7 Å². The first-order chi connectivity index (χ1) is 8.76. The third-order valence-electron chi connectivity index (χ3n) is 2.39. The van der Waals surface area contributed by atoms with E-state index in [2.05, 4.69) is 20.1 Å². The fraction of sp³-hybridized carbons (Fsp3) is 0.0769. The van der Waals surface area contributed by atoms with Crippen LogP contribution in [0.2, 0.25) is 0 Å². The molecule has 0 fully saturated rings. The van der Waals surface area contributed by atoms with Gasteiger partial charge in [-0.15, -0.1) is 5.11 Å². The maximum atomic E-state index is 8.94. The van der Waals surface area contributed by atoms with Crippen LogP contribution in [0, 0.1) is 24.8 Å². The van der Waals surface area contributed by atoms with E-state index in [1.165, 1.54) is 0 Å². The molecule has 0 aliphatic rings. The molecule has 0 saturated heterocycles. The molecule has 86 valence electrons. The van der Waals surface area contributed by atoms with Gasteiger partial charge in [0, 0.05) is 5.69 Å². The molecule has 0 amide bonds. The normalized spacial score (nSPS) is 10.2. The largest absolute Gasteiger partial charge is 0.351 e. The Morgan fingerprint density at radius 3 is 2.61 bits per heavy atom. The smallest absolute Gasteiger partial charge is 0.249 e. The van der Waals surface area contributed by atoms with Crippen molar-refractivity contribution in [2.45, 2.75) is 6.92 Å². The lowest BCUT2D eigenvalue weighted by Crippen LogP contribution is -1.73. The molecule has 1 N–H and O–H groups in total. The second-order valence-electron chi connectivity index (χ2n) is 3.58. The zero-order valence-corrected chi connectivity index (χ0v) is 9.68. The van der Waals surface area contributed by atoms with Crippen molar-refractivity contribution < 1.29 is 0 Å². The van der Waals surface area contributed by atoms with Crippen molar-refractivity contribution in [2.24, 2.45) is 10.2 Å². The Hall–Kier alpha value is -2.92. The number of aromatic nitrogens is 1. The quantitative estimate of drug-likeness (QED) is 0.616. The highest BCUT2D eigenvalue weighted by atomic mass is 15.2. The van der Waals surface area contributed by atoms with Gasteiger partial charge in [0.15, 0.2) is 5.82 Å². The summed E-state index contributed by atoms with van der Waals surface area (Å²) >= 11 is 0. The minimum absolute atomic E-state index is 0.217. The van der Waals surface area contributed by atoms with E-state index in [1.807, 2.05) is 36.4 Å². The molecular formula is C13H9N5. The number of aryl methyl sites for hydroxylation is 1. The third-order valence-corrected chi connectivity index (χ3v) is 2.39. The van der Waals surface area contributed by atoms with Crippen LogP contribution in [0.4, 0.5) is 17.2 Å². The minimum Gasteiger partial charge on any atom is -0.351 e. The van der Waals surface area contributed by atoms with Crippen LogP contribution in [0.1, 0.15) is 11.3 Å². The summed E-state index contributed by atoms with van der Waals surface area (Å²) in [6.45, 7) is 8.81. The van der Waals surface area contributed by atoms with E-state index < -0.39 is 0 Å². The summed E-state index contributed by atoms with van der Waals surface area (Å²) in [6, 6.07) is 11.2. The van der Waals surface area contributed by atoms with Crippen molar-refractivity contribution >= 4 is 17.2 Å². The number of hydrogen-bond donors (Lipinski definition) is 1. The zero-order chi connectivity index (χ0) is 13.0. The van der Waals surface area contributed by atoms with E-state index in [9.17, 15) is 0 Å². The molecule has 0 aliphatic heterocycles. The molecular weight excluding hydrogens is 226 g/mol. The average molecular weight is 235 g/mol. The number of nitrogens with one attached hydrogen (secondary N) is 1. The van der Waals surface area contributed by atoms with E-state index in [1.54, 1.807) is 6.92 Å². The van der Waals surface area contributed by atoms with Crippen molar-refractivity contribution in [1.29, 1.82) is 5.26 Å². The van der Waals surface area contributed by atoms with Crippen LogP contribution < -0.4 is 0 Å². The van der Waals surface area contributed by atoms with E-state index in [4.69, 9.17) is 11.8 Å². The van der Waals surface area contributed by atoms with Crippen LogP contribution in [0.3, 0.4) is 0 Å². The molecule has 1 aromatic carbocycles. The highest BCUT2D eigenvalue weighted by Crippen LogP contribution is 2.34. The summed E-state index contributed by atoms with van der Waals surface area (Å²) in [6.07, 6.45) is 0. The van der Waals surface area contributed by atoms with E-state index in [0.717, 1.165) is 0 Å². The SMILES string of the molecule is [C-]#[N+]c1c(N=Nc2ccccc2)[nH]c(C)c1C#N. The zero-order valence-electron chi connectivity index (χ0n) is 9.68. The summed E-state index contributed by atoms with van der Waals surface area (Å²) in [5.41, 5.74) is 1.87. The van der Waals surface area contributed by atoms with Crippen molar-refractivity contribution in [3.05, 3.63) is 53.0 Å². The standard InChI is InChI=1S/C13H9N5/c1-9-11(8-14)12(15-2)13(16-9)18-17-10-6-4-3-5-7-10/h3-7,16H,1H3. The molecule has 18 heavy (non-hydrogen) atoms. The van der Waals surface area contributed by atoms with Crippen molar-refractivity contribution in [3.63, 3.8) is 0 Å². The van der Waals surface area contributed by atoms with Gasteiger partial charge in [-0.25, -0.2) is 4.85 Å². The first-order valence-corrected chi connectivity index (χ1v) is 5.23. The van der Waals surface area contributed by atoms with E-state index in [0.29, 0.717) is 22.8 Å². The Balaban J connectivity index is 2.40. The van der Waals surface area contributed by atoms with Gasteiger partial charge in [0.2, 0.25) is 5.69 Å². The van der Waals surface area contributed by atoms with Crippen LogP contribution >= 0.6 is 0 Å². The molecule has 0 bridgehead atoms. The van der Waals surface area contributed by atoms with Gasteiger partial charge in [-0.3, -0.25) is 0 Å². The lowest BCUT2D eigenvalue weighted by atomic mass is 10.2. The monoisotopic (exact) mass is 235 g/mol. The highest BCUT2D eigenvalue weighted by Gasteiger charge is 2.14. The highest BCUT2D eigenvalue weighted by molar-refractivity contribution is 5.73. The maximum Gasteiger partial charge on any atom is 0.249 e. The lowest BCUT2D eigenvalue weighted by molar-refractivity contribution is 1.15. The van der Waals surface area contributed by atoms with Crippen LogP contribution in [-0.2, 0) is 0 Å². The Kier molecular flexibility index (Phi) is 3.17. The molecule has 5 heteroatoms. The van der Waals surface area contributed by atoms with Crippen LogP contribution in [0.25, 0.3) is 4.85 Å². The van der Waals surface area contributed by atoms with Gasteiger partial charge in [0.1, 0.15) is 0 Å². The molecule has 0 radical (unpaired) electrons. The minimum atomic E-state index is 0.217. The van der Waals surface area contributed by atoms with Gasteiger partial charge < -0.3 is 4.98 Å². The molecule has 2 rings (SSSR count). The predicted octanol–water partition coefficient (Wildman–Crippen LogP) is 4.16. The first-order valence-electron chi connectivity index (χ1n) is 5.23. The average Bonchev–Trinajstić information content (AvgIpc) is 2.72. The molecule has 5 nitrogen and oxygen atoms in total. The number of nitriles is 1. The fourth-order valence-electron chi connectivity index (χ4n) is 1.52. The molecule has 0 spiro atoms. The number of aromatic amines is 1. The van der Waals surface area contributed by atoms with Crippen molar-refractivity contribution in [3.8, 4) is 6.07 Å². The molecule has 0 aliphatic carbocycles. The second kappa shape index (κ2) is 4.94. The van der Waals surface area contributed by atoms with Gasteiger partial charge in [-0.05, 0) is 19.1 Å². The van der Waals surface area contributed by atoms with Crippen LogP contribution in [0.15, 0.2) is 40.6 Å². The molecule has 1 aromatic heterocycles. The molecule has 0 unspecified atom stereocenters.